The van der Waals surface area contributed by atoms with E-state index in [1.54, 1.807) is 12.1 Å². The molecule has 0 atom stereocenters. The zero-order chi connectivity index (χ0) is 17.0. The van der Waals surface area contributed by atoms with Crippen molar-refractivity contribution in [1.29, 1.82) is 0 Å². The van der Waals surface area contributed by atoms with Gasteiger partial charge >= 0.3 is 0 Å². The average molecular weight is 357 g/mol. The van der Waals surface area contributed by atoms with E-state index in [1.165, 1.54) is 6.07 Å². The van der Waals surface area contributed by atoms with Crippen molar-refractivity contribution in [2.24, 2.45) is 5.73 Å². The number of nitro groups is 1. The number of hydrogen-bond donors (Lipinski definition) is 3. The first kappa shape index (κ1) is 20.2. The molecule has 0 heterocycles. The van der Waals surface area contributed by atoms with Gasteiger partial charge in [-0.3, -0.25) is 14.9 Å². The van der Waals surface area contributed by atoms with E-state index in [9.17, 15) is 14.9 Å². The van der Waals surface area contributed by atoms with Crippen molar-refractivity contribution in [3.8, 4) is 0 Å². The van der Waals surface area contributed by atoms with E-state index in [1.807, 2.05) is 13.8 Å². The number of nitrogens with two attached hydrogens (primary N) is 1. The number of carbonyl (C=O) groups excluding carboxylic acids is 1. The first-order valence-corrected chi connectivity index (χ1v) is 8.02. The first-order valence-electron chi connectivity index (χ1n) is 8.02. The van der Waals surface area contributed by atoms with Gasteiger partial charge in [-0.05, 0) is 37.8 Å². The van der Waals surface area contributed by atoms with E-state index in [4.69, 9.17) is 5.73 Å². The van der Waals surface area contributed by atoms with Crippen LogP contribution in [0.25, 0.3) is 0 Å². The van der Waals surface area contributed by atoms with E-state index in [0.717, 1.165) is 12.8 Å². The van der Waals surface area contributed by atoms with Crippen molar-refractivity contribution in [2.45, 2.75) is 51.1 Å². The van der Waals surface area contributed by atoms with Gasteiger partial charge in [0.05, 0.1) is 10.5 Å². The maximum atomic E-state index is 12.4. The van der Waals surface area contributed by atoms with Crippen molar-refractivity contribution < 1.29 is 9.72 Å². The van der Waals surface area contributed by atoms with Crippen LogP contribution in [-0.2, 0) is 0 Å². The summed E-state index contributed by atoms with van der Waals surface area (Å²) in [5, 5.41) is 17.3. The highest BCUT2D eigenvalue weighted by Gasteiger charge is 2.29. The third-order valence-electron chi connectivity index (χ3n) is 4.52. The van der Waals surface area contributed by atoms with Gasteiger partial charge in [0.1, 0.15) is 5.69 Å². The number of amides is 1. The van der Waals surface area contributed by atoms with Crippen molar-refractivity contribution in [3.63, 3.8) is 0 Å². The number of nitro benzene ring substituents is 1. The molecule has 1 aromatic rings. The Bertz CT molecular complexity index is 593. The molecule has 1 fully saturated rings. The van der Waals surface area contributed by atoms with E-state index >= 15 is 0 Å². The molecule has 1 amide bonds. The number of hydrogen-bond acceptors (Lipinski definition) is 5. The third-order valence-corrected chi connectivity index (χ3v) is 4.52. The molecule has 8 heteroatoms. The molecule has 0 spiro atoms. The summed E-state index contributed by atoms with van der Waals surface area (Å²) < 4.78 is 0. The lowest BCUT2D eigenvalue weighted by Gasteiger charge is -2.31. The summed E-state index contributed by atoms with van der Waals surface area (Å²) in [5.41, 5.74) is 5.98. The Morgan fingerprint density at radius 2 is 2.00 bits per heavy atom. The van der Waals surface area contributed by atoms with Gasteiger partial charge < -0.3 is 16.4 Å². The Morgan fingerprint density at radius 1 is 1.38 bits per heavy atom. The molecule has 0 radical (unpaired) electrons. The Morgan fingerprint density at radius 3 is 2.46 bits per heavy atom. The van der Waals surface area contributed by atoms with Crippen molar-refractivity contribution in [2.75, 3.05) is 11.9 Å². The van der Waals surface area contributed by atoms with Gasteiger partial charge in [-0.15, -0.1) is 12.4 Å². The SMILES string of the molecule is CCC(CC)(CN)NC(=O)c1ccc(NC2CC2)c([N+](=O)[O-])c1.Cl. The molecule has 0 aliphatic heterocycles. The minimum Gasteiger partial charge on any atom is -0.377 e. The van der Waals surface area contributed by atoms with Crippen LogP contribution >= 0.6 is 12.4 Å². The normalized spacial score (nSPS) is 13.8. The van der Waals surface area contributed by atoms with Crippen LogP contribution in [0.15, 0.2) is 18.2 Å². The highest BCUT2D eigenvalue weighted by atomic mass is 35.5. The molecular weight excluding hydrogens is 332 g/mol. The highest BCUT2D eigenvalue weighted by molar-refractivity contribution is 5.96. The molecule has 1 aromatic carbocycles. The van der Waals surface area contributed by atoms with Gasteiger partial charge in [0.15, 0.2) is 0 Å². The molecule has 7 nitrogen and oxygen atoms in total. The monoisotopic (exact) mass is 356 g/mol. The maximum absolute atomic E-state index is 12.4. The minimum absolute atomic E-state index is 0. The van der Waals surface area contributed by atoms with Gasteiger partial charge in [0.2, 0.25) is 0 Å². The van der Waals surface area contributed by atoms with Gasteiger partial charge in [0, 0.05) is 24.2 Å². The third kappa shape index (κ3) is 4.58. The van der Waals surface area contributed by atoms with Crippen LogP contribution in [-0.4, -0.2) is 29.0 Å². The van der Waals surface area contributed by atoms with Crippen molar-refractivity contribution in [3.05, 3.63) is 33.9 Å². The van der Waals surface area contributed by atoms with E-state index in [-0.39, 0.29) is 29.6 Å². The Kier molecular flexibility index (Phi) is 6.98. The summed E-state index contributed by atoms with van der Waals surface area (Å²) in [6.07, 6.45) is 3.45. The maximum Gasteiger partial charge on any atom is 0.293 e. The summed E-state index contributed by atoms with van der Waals surface area (Å²) in [5.74, 6) is -0.333. The smallest absolute Gasteiger partial charge is 0.293 e. The number of anilines is 1. The number of nitrogens with one attached hydrogen (secondary N) is 2. The van der Waals surface area contributed by atoms with Crippen molar-refractivity contribution >= 4 is 29.7 Å². The Labute approximate surface area is 147 Å². The van der Waals surface area contributed by atoms with Crippen LogP contribution in [0.3, 0.4) is 0 Å². The molecule has 134 valence electrons. The van der Waals surface area contributed by atoms with E-state index < -0.39 is 10.5 Å². The molecule has 0 bridgehead atoms. The number of halogens is 1. The molecule has 1 aliphatic carbocycles. The summed E-state index contributed by atoms with van der Waals surface area (Å²) in [6.45, 7) is 4.25. The summed E-state index contributed by atoms with van der Waals surface area (Å²) in [6, 6.07) is 4.85. The van der Waals surface area contributed by atoms with Crippen LogP contribution in [0, 0.1) is 10.1 Å². The fourth-order valence-corrected chi connectivity index (χ4v) is 2.47. The molecule has 0 saturated heterocycles. The number of rotatable bonds is 8. The molecule has 1 aliphatic rings. The van der Waals surface area contributed by atoms with Gasteiger partial charge in [-0.1, -0.05) is 13.8 Å². The molecule has 4 N–H and O–H groups in total. The van der Waals surface area contributed by atoms with Gasteiger partial charge in [-0.25, -0.2) is 0 Å². The number of benzene rings is 1. The first-order chi connectivity index (χ1) is 10.9. The second kappa shape index (κ2) is 8.30. The molecule has 1 saturated carbocycles. The zero-order valence-corrected chi connectivity index (χ0v) is 14.8. The van der Waals surface area contributed by atoms with Crippen LogP contribution in [0.2, 0.25) is 0 Å². The summed E-state index contributed by atoms with van der Waals surface area (Å²) >= 11 is 0. The lowest BCUT2D eigenvalue weighted by molar-refractivity contribution is -0.384. The fourth-order valence-electron chi connectivity index (χ4n) is 2.47. The zero-order valence-electron chi connectivity index (χ0n) is 14.0. The van der Waals surface area contributed by atoms with Gasteiger partial charge in [0.25, 0.3) is 11.6 Å². The second-order valence-corrected chi connectivity index (χ2v) is 6.05. The molecular formula is C16H25ClN4O3. The van der Waals surface area contributed by atoms with E-state index in [0.29, 0.717) is 31.1 Å². The van der Waals surface area contributed by atoms with Crippen LogP contribution < -0.4 is 16.4 Å². The Hall–Kier alpha value is -1.86. The standard InChI is InChI=1S/C16H24N4O3.ClH/c1-3-16(4-2,10-17)19-15(21)11-5-8-13(18-12-6-7-12)14(9-11)20(22)23;/h5,8-9,12,18H,3-4,6-7,10,17H2,1-2H3,(H,19,21);1H. The fraction of sp³-hybridized carbons (Fsp3) is 0.562. The lowest BCUT2D eigenvalue weighted by Crippen LogP contribution is -2.52. The van der Waals surface area contributed by atoms with Gasteiger partial charge in [-0.2, -0.15) is 0 Å². The topological polar surface area (TPSA) is 110 Å². The summed E-state index contributed by atoms with van der Waals surface area (Å²) in [7, 11) is 0. The van der Waals surface area contributed by atoms with Crippen LogP contribution in [0.4, 0.5) is 11.4 Å². The Balaban J connectivity index is 0.00000288. The largest absolute Gasteiger partial charge is 0.377 e. The second-order valence-electron chi connectivity index (χ2n) is 6.05. The molecule has 0 aromatic heterocycles. The van der Waals surface area contributed by atoms with Crippen LogP contribution in [0.1, 0.15) is 49.9 Å². The van der Waals surface area contributed by atoms with Crippen molar-refractivity contribution in [1.82, 2.24) is 5.32 Å². The highest BCUT2D eigenvalue weighted by Crippen LogP contribution is 2.31. The quantitative estimate of drug-likeness (QED) is 0.490. The minimum atomic E-state index is -0.475. The lowest BCUT2D eigenvalue weighted by atomic mass is 9.92. The predicted molar refractivity (Wildman–Crippen MR) is 96.8 cm³/mol. The molecule has 2 rings (SSSR count). The number of nitrogens with zero attached hydrogens (tertiary/aromatic N) is 1. The average Bonchev–Trinajstić information content (AvgIpc) is 3.36. The molecule has 24 heavy (non-hydrogen) atoms. The predicted octanol–water partition coefficient (Wildman–Crippen LogP) is 2.84. The number of carbonyl (C=O) groups is 1. The van der Waals surface area contributed by atoms with E-state index in [2.05, 4.69) is 10.6 Å². The summed E-state index contributed by atoms with van der Waals surface area (Å²) in [4.78, 5) is 23.3. The van der Waals surface area contributed by atoms with Crippen LogP contribution in [0.5, 0.6) is 0 Å². The molecule has 0 unspecified atom stereocenters.